The summed E-state index contributed by atoms with van der Waals surface area (Å²) in [4.78, 5) is 32.2. The highest BCUT2D eigenvalue weighted by Gasteiger charge is 2.41. The van der Waals surface area contributed by atoms with Crippen LogP contribution in [-0.2, 0) is 6.54 Å². The Kier molecular flexibility index (Phi) is 10.1. The Morgan fingerprint density at radius 3 is 2.29 bits per heavy atom. The van der Waals surface area contributed by atoms with Gasteiger partial charge >= 0.3 is 12.2 Å². The van der Waals surface area contributed by atoms with Crippen molar-refractivity contribution in [3.63, 3.8) is 0 Å². The fourth-order valence-corrected chi connectivity index (χ4v) is 4.27. The molecule has 1 aromatic heterocycles. The van der Waals surface area contributed by atoms with Crippen molar-refractivity contribution >= 4 is 29.4 Å². The number of amidine groups is 1. The van der Waals surface area contributed by atoms with E-state index in [-0.39, 0.29) is 41.8 Å². The van der Waals surface area contributed by atoms with Gasteiger partial charge in [-0.1, -0.05) is 23.7 Å². The first-order valence-corrected chi connectivity index (χ1v) is 13.1. The van der Waals surface area contributed by atoms with Crippen molar-refractivity contribution in [3.8, 4) is 5.69 Å². The molecule has 0 aliphatic heterocycles. The van der Waals surface area contributed by atoms with Crippen LogP contribution in [0.2, 0.25) is 5.02 Å². The van der Waals surface area contributed by atoms with Gasteiger partial charge in [0.1, 0.15) is 19.4 Å². The largest absolute Gasteiger partial charge is 0.436 e. The molecule has 3 rings (SSSR count). The molecule has 0 saturated carbocycles. The van der Waals surface area contributed by atoms with Crippen molar-refractivity contribution in [1.82, 2.24) is 25.0 Å². The molecule has 220 valence electrons. The van der Waals surface area contributed by atoms with Gasteiger partial charge in [0.15, 0.2) is 11.9 Å². The highest BCUT2D eigenvalue weighted by molar-refractivity contribution is 6.30. The molecule has 0 fully saturated rings. The lowest BCUT2D eigenvalue weighted by molar-refractivity contribution is -0.455. The third kappa shape index (κ3) is 7.82. The van der Waals surface area contributed by atoms with Crippen molar-refractivity contribution in [2.45, 2.75) is 58.6 Å². The lowest BCUT2D eigenvalue weighted by Gasteiger charge is -2.31. The number of amides is 3. The van der Waals surface area contributed by atoms with E-state index >= 15 is 0 Å². The van der Waals surface area contributed by atoms with E-state index in [0.717, 1.165) is 0 Å². The topological polar surface area (TPSA) is 129 Å². The summed E-state index contributed by atoms with van der Waals surface area (Å²) in [5.74, 6) is -0.400. The van der Waals surface area contributed by atoms with Crippen LogP contribution < -0.4 is 11.1 Å². The number of aromatic nitrogens is 3. The van der Waals surface area contributed by atoms with Crippen LogP contribution in [0.3, 0.4) is 0 Å². The van der Waals surface area contributed by atoms with Crippen LogP contribution in [0.15, 0.2) is 54.9 Å². The Labute approximate surface area is 240 Å². The van der Waals surface area contributed by atoms with Gasteiger partial charge in [-0.3, -0.25) is 10.1 Å². The number of nitrogens with one attached hydrogen (secondary N) is 1. The third-order valence-corrected chi connectivity index (χ3v) is 6.33. The number of benzene rings is 2. The van der Waals surface area contributed by atoms with Crippen LogP contribution >= 0.6 is 11.6 Å². The number of carbonyl (C=O) groups excluding carboxylic acids is 2. The van der Waals surface area contributed by atoms with Crippen LogP contribution in [0.1, 0.15) is 49.4 Å². The molecule has 1 atom stereocenters. The first kappa shape index (κ1) is 31.6. The average molecular weight is 595 g/mol. The van der Waals surface area contributed by atoms with Gasteiger partial charge in [0.25, 0.3) is 5.91 Å². The monoisotopic (exact) mass is 594 g/mol. The number of aliphatic hydroxyl groups excluding tert-OH is 1. The lowest BCUT2D eigenvalue weighted by atomic mass is 10.1. The fraction of sp³-hybridized carbons (Fsp3) is 0.370. The minimum atomic E-state index is -4.98. The van der Waals surface area contributed by atoms with Gasteiger partial charge in [0, 0.05) is 22.7 Å². The third-order valence-electron chi connectivity index (χ3n) is 6.07. The van der Waals surface area contributed by atoms with E-state index in [0.29, 0.717) is 20.8 Å². The molecule has 3 aromatic rings. The van der Waals surface area contributed by atoms with Gasteiger partial charge in [0.05, 0.1) is 11.3 Å². The molecule has 0 spiro atoms. The predicted octanol–water partition coefficient (Wildman–Crippen LogP) is 3.73. The second-order valence-corrected chi connectivity index (χ2v) is 10.2. The molecule has 10 nitrogen and oxygen atoms in total. The fourth-order valence-electron chi connectivity index (χ4n) is 4.15. The lowest BCUT2D eigenvalue weighted by Crippen LogP contribution is -2.47. The minimum absolute atomic E-state index is 0.0481. The maximum Gasteiger partial charge on any atom is 0.436 e. The maximum absolute atomic E-state index is 13.4. The Morgan fingerprint density at radius 2 is 1.71 bits per heavy atom. The Morgan fingerprint density at radius 1 is 1.10 bits per heavy atom. The van der Waals surface area contributed by atoms with E-state index < -0.39 is 24.9 Å². The number of carbonyl (C=O) groups is 2. The van der Waals surface area contributed by atoms with Crippen molar-refractivity contribution < 1.29 is 32.4 Å². The Hall–Kier alpha value is -3.97. The SMILES string of the molecule is CC(C)N(C(=O)c1ccccc1-n1cnc(CNC(=O)/[N+](C[C@H](O)C(F)(F)F)=C(\N)c2ccc(Cl)cc2)n1)C(C)C. The zero-order chi connectivity index (χ0) is 30.5. The number of rotatable bonds is 9. The number of alkyl halides is 3. The first-order chi connectivity index (χ1) is 19.2. The van der Waals surface area contributed by atoms with Crippen molar-refractivity contribution in [2.24, 2.45) is 5.73 Å². The predicted molar refractivity (Wildman–Crippen MR) is 147 cm³/mol. The molecule has 41 heavy (non-hydrogen) atoms. The summed E-state index contributed by atoms with van der Waals surface area (Å²) in [5.41, 5.74) is 7.11. The van der Waals surface area contributed by atoms with Gasteiger partial charge in [-0.15, -0.1) is 5.10 Å². The highest BCUT2D eigenvalue weighted by atomic mass is 35.5. The van der Waals surface area contributed by atoms with E-state index in [1.165, 1.54) is 35.3 Å². The van der Waals surface area contributed by atoms with Crippen LogP contribution in [-0.4, -0.2) is 78.0 Å². The van der Waals surface area contributed by atoms with Crippen LogP contribution in [0.4, 0.5) is 18.0 Å². The van der Waals surface area contributed by atoms with Gasteiger partial charge in [-0.2, -0.15) is 17.7 Å². The molecule has 0 aliphatic rings. The minimum Gasteiger partial charge on any atom is -0.381 e. The summed E-state index contributed by atoms with van der Waals surface area (Å²) >= 11 is 5.87. The van der Waals surface area contributed by atoms with Gasteiger partial charge < -0.3 is 15.7 Å². The van der Waals surface area contributed by atoms with E-state index in [2.05, 4.69) is 15.4 Å². The van der Waals surface area contributed by atoms with E-state index in [1.54, 1.807) is 29.2 Å². The Balaban J connectivity index is 1.85. The average Bonchev–Trinajstić information content (AvgIpc) is 3.38. The molecule has 14 heteroatoms. The number of para-hydroxylation sites is 1. The van der Waals surface area contributed by atoms with Crippen molar-refractivity contribution in [3.05, 3.63) is 76.8 Å². The first-order valence-electron chi connectivity index (χ1n) is 12.7. The highest BCUT2D eigenvalue weighted by Crippen LogP contribution is 2.21. The van der Waals surface area contributed by atoms with Crippen LogP contribution in [0.25, 0.3) is 5.69 Å². The number of hydrogen-bond acceptors (Lipinski definition) is 5. The van der Waals surface area contributed by atoms with E-state index in [9.17, 15) is 27.9 Å². The molecule has 2 aromatic carbocycles. The summed E-state index contributed by atoms with van der Waals surface area (Å²) in [7, 11) is 0. The molecule has 1 heterocycles. The second-order valence-electron chi connectivity index (χ2n) is 9.74. The molecule has 3 amide bonds. The normalized spacial score (nSPS) is 13.2. The van der Waals surface area contributed by atoms with Crippen LogP contribution in [0, 0.1) is 0 Å². The number of nitrogens with zero attached hydrogens (tertiary/aromatic N) is 5. The van der Waals surface area contributed by atoms with Gasteiger partial charge in [0.2, 0.25) is 5.84 Å². The van der Waals surface area contributed by atoms with Gasteiger partial charge in [-0.05, 0) is 64.1 Å². The van der Waals surface area contributed by atoms with Crippen molar-refractivity contribution in [2.75, 3.05) is 6.54 Å². The number of hydrogen-bond donors (Lipinski definition) is 3. The number of halogens is 4. The summed E-state index contributed by atoms with van der Waals surface area (Å²) in [6, 6.07) is 11.5. The second kappa shape index (κ2) is 13.1. The number of nitrogens with two attached hydrogens (primary N) is 1. The zero-order valence-electron chi connectivity index (χ0n) is 22.9. The van der Waals surface area contributed by atoms with Crippen LogP contribution in [0.5, 0.6) is 0 Å². The smallest absolute Gasteiger partial charge is 0.381 e. The standard InChI is InChI=1S/C27H31ClF3N7O3/c1-16(2)38(17(3)4)25(40)20-7-5-6-8-21(20)37-15-34-23(35-37)13-33-26(41)36(14-22(39)27(29,30)31)24(32)18-9-11-19(28)12-10-18/h5-12,15-17,22,32,39H,13-14H2,1-4H3,(H,33,41)/p+1/t22-/m0/s1. The van der Waals surface area contributed by atoms with Gasteiger partial charge in [-0.25, -0.2) is 14.5 Å². The molecule has 0 aliphatic carbocycles. The zero-order valence-corrected chi connectivity index (χ0v) is 23.7. The summed E-state index contributed by atoms with van der Waals surface area (Å²) in [5, 5.41) is 16.8. The molecule has 4 N–H and O–H groups in total. The molecular formula is C27H32ClF3N7O3+. The molecule has 0 saturated heterocycles. The summed E-state index contributed by atoms with van der Waals surface area (Å²) < 4.78 is 41.3. The molecule has 0 radical (unpaired) electrons. The number of aliphatic hydroxyl groups is 1. The van der Waals surface area contributed by atoms with E-state index in [4.69, 9.17) is 17.3 Å². The van der Waals surface area contributed by atoms with E-state index in [1.807, 2.05) is 27.7 Å². The summed E-state index contributed by atoms with van der Waals surface area (Å²) in [6.07, 6.45) is -6.46. The quantitative estimate of drug-likeness (QED) is 0.197. The Bertz CT molecular complexity index is 1400. The molecular weight excluding hydrogens is 563 g/mol. The summed E-state index contributed by atoms with van der Waals surface area (Å²) in [6.45, 7) is 6.26. The molecule has 0 unspecified atom stereocenters. The van der Waals surface area contributed by atoms with Crippen molar-refractivity contribution in [1.29, 1.82) is 0 Å². The maximum atomic E-state index is 13.4. The molecule has 0 bridgehead atoms. The number of urea groups is 1.